The summed E-state index contributed by atoms with van der Waals surface area (Å²) in [5.74, 6) is 0.444. The number of carbonyl (C=O) groups is 2. The van der Waals surface area contributed by atoms with E-state index in [-0.39, 0.29) is 12.5 Å². The minimum absolute atomic E-state index is 0.108. The Hall–Kier alpha value is -2.82. The second kappa shape index (κ2) is 8.91. The fourth-order valence-corrected chi connectivity index (χ4v) is 3.59. The number of carbonyl (C=O) groups excluding carboxylic acids is 2. The highest BCUT2D eigenvalue weighted by atomic mass is 16.5. The Morgan fingerprint density at radius 2 is 1.79 bits per heavy atom. The molecular formula is C23H27NO4. The Balaban J connectivity index is 1.77. The van der Waals surface area contributed by atoms with Crippen molar-refractivity contribution in [2.24, 2.45) is 0 Å². The number of hydrogen-bond acceptors (Lipinski definition) is 4. The van der Waals surface area contributed by atoms with Gasteiger partial charge in [-0.1, -0.05) is 56.3 Å². The zero-order valence-corrected chi connectivity index (χ0v) is 16.7. The van der Waals surface area contributed by atoms with Crippen molar-refractivity contribution in [1.29, 1.82) is 0 Å². The Kier molecular flexibility index (Phi) is 6.34. The highest BCUT2D eigenvalue weighted by Crippen LogP contribution is 2.29. The number of ether oxygens (including phenoxy) is 2. The molecule has 3 rings (SSSR count). The van der Waals surface area contributed by atoms with E-state index in [4.69, 9.17) is 9.47 Å². The molecule has 0 saturated heterocycles. The maximum Gasteiger partial charge on any atom is 0.328 e. The zero-order valence-electron chi connectivity index (χ0n) is 16.7. The van der Waals surface area contributed by atoms with E-state index in [9.17, 15) is 9.59 Å². The molecule has 0 radical (unpaired) electrons. The van der Waals surface area contributed by atoms with Crippen molar-refractivity contribution in [2.45, 2.75) is 45.2 Å². The third-order valence-electron chi connectivity index (χ3n) is 5.46. The standard InChI is InChI=1S/C23H27NO4/c1-4-16(2)19-11-7-8-12-21(19)28-15-22(25)24-14-18-10-6-5-9-17(18)13-20(24)23(26)27-3/h5-12,16,20H,4,13-15H2,1-3H3. The van der Waals surface area contributed by atoms with Crippen molar-refractivity contribution >= 4 is 11.9 Å². The molecule has 1 aliphatic rings. The predicted octanol–water partition coefficient (Wildman–Crippen LogP) is 3.71. The summed E-state index contributed by atoms with van der Waals surface area (Å²) in [6, 6.07) is 15.0. The van der Waals surface area contributed by atoms with E-state index < -0.39 is 12.0 Å². The molecule has 2 unspecified atom stereocenters. The first-order valence-electron chi connectivity index (χ1n) is 9.71. The summed E-state index contributed by atoms with van der Waals surface area (Å²) in [4.78, 5) is 26.8. The second-order valence-corrected chi connectivity index (χ2v) is 7.17. The fourth-order valence-electron chi connectivity index (χ4n) is 3.59. The molecule has 28 heavy (non-hydrogen) atoms. The van der Waals surface area contributed by atoms with Crippen LogP contribution in [0.15, 0.2) is 48.5 Å². The molecule has 0 spiro atoms. The second-order valence-electron chi connectivity index (χ2n) is 7.17. The van der Waals surface area contributed by atoms with Gasteiger partial charge in [0.2, 0.25) is 0 Å². The molecule has 5 heteroatoms. The van der Waals surface area contributed by atoms with Gasteiger partial charge in [-0.05, 0) is 35.1 Å². The van der Waals surface area contributed by atoms with Crippen molar-refractivity contribution in [3.63, 3.8) is 0 Å². The Bertz CT molecular complexity index is 848. The lowest BCUT2D eigenvalue weighted by molar-refractivity contribution is -0.154. The molecule has 0 saturated carbocycles. The van der Waals surface area contributed by atoms with Gasteiger partial charge in [-0.2, -0.15) is 0 Å². The summed E-state index contributed by atoms with van der Waals surface area (Å²) in [5, 5.41) is 0. The average Bonchev–Trinajstić information content (AvgIpc) is 2.75. The number of nitrogens with zero attached hydrogens (tertiary/aromatic N) is 1. The largest absolute Gasteiger partial charge is 0.483 e. The fraction of sp³-hybridized carbons (Fsp3) is 0.391. The molecule has 5 nitrogen and oxygen atoms in total. The van der Waals surface area contributed by atoms with Gasteiger partial charge in [-0.3, -0.25) is 4.79 Å². The van der Waals surface area contributed by atoms with E-state index in [0.29, 0.717) is 18.9 Å². The van der Waals surface area contributed by atoms with Crippen LogP contribution in [0.1, 0.15) is 42.9 Å². The first kappa shape index (κ1) is 19.9. The monoisotopic (exact) mass is 381 g/mol. The van der Waals surface area contributed by atoms with Crippen molar-refractivity contribution < 1.29 is 19.1 Å². The first-order valence-corrected chi connectivity index (χ1v) is 9.71. The normalized spacial score (nSPS) is 16.8. The number of para-hydroxylation sites is 1. The number of fused-ring (bicyclic) bond motifs is 1. The minimum Gasteiger partial charge on any atom is -0.483 e. The highest BCUT2D eigenvalue weighted by molar-refractivity contribution is 5.86. The molecule has 0 bridgehead atoms. The van der Waals surface area contributed by atoms with Crippen molar-refractivity contribution in [2.75, 3.05) is 13.7 Å². The molecule has 2 aromatic carbocycles. The summed E-state index contributed by atoms with van der Waals surface area (Å²) in [7, 11) is 1.35. The lowest BCUT2D eigenvalue weighted by atomic mass is 9.94. The van der Waals surface area contributed by atoms with E-state index in [1.165, 1.54) is 7.11 Å². The molecule has 0 fully saturated rings. The van der Waals surface area contributed by atoms with Crippen LogP contribution in [-0.4, -0.2) is 36.5 Å². The number of hydrogen-bond donors (Lipinski definition) is 0. The Labute approximate surface area is 166 Å². The summed E-state index contributed by atoms with van der Waals surface area (Å²) < 4.78 is 10.8. The van der Waals surface area contributed by atoms with Crippen LogP contribution in [0.4, 0.5) is 0 Å². The van der Waals surface area contributed by atoms with Crippen LogP contribution in [0.25, 0.3) is 0 Å². The number of benzene rings is 2. The molecule has 1 heterocycles. The Morgan fingerprint density at radius 1 is 1.11 bits per heavy atom. The maximum absolute atomic E-state index is 13.0. The van der Waals surface area contributed by atoms with Gasteiger partial charge in [-0.15, -0.1) is 0 Å². The number of esters is 1. The molecule has 0 N–H and O–H groups in total. The van der Waals surface area contributed by atoms with E-state index in [2.05, 4.69) is 13.8 Å². The predicted molar refractivity (Wildman–Crippen MR) is 107 cm³/mol. The van der Waals surface area contributed by atoms with Gasteiger partial charge in [0.1, 0.15) is 11.8 Å². The van der Waals surface area contributed by atoms with Gasteiger partial charge < -0.3 is 14.4 Å². The topological polar surface area (TPSA) is 55.8 Å². The smallest absolute Gasteiger partial charge is 0.328 e. The van der Waals surface area contributed by atoms with Gasteiger partial charge in [0.05, 0.1) is 7.11 Å². The molecule has 0 aromatic heterocycles. The van der Waals surface area contributed by atoms with Gasteiger partial charge in [-0.25, -0.2) is 4.79 Å². The molecule has 2 aromatic rings. The highest BCUT2D eigenvalue weighted by Gasteiger charge is 2.35. The lowest BCUT2D eigenvalue weighted by Crippen LogP contribution is -2.50. The maximum atomic E-state index is 13.0. The van der Waals surface area contributed by atoms with Crippen LogP contribution in [0, 0.1) is 0 Å². The molecule has 0 aliphatic carbocycles. The van der Waals surface area contributed by atoms with Gasteiger partial charge in [0, 0.05) is 13.0 Å². The van der Waals surface area contributed by atoms with Crippen LogP contribution in [0.3, 0.4) is 0 Å². The first-order chi connectivity index (χ1) is 13.5. The van der Waals surface area contributed by atoms with Crippen LogP contribution in [0.5, 0.6) is 5.75 Å². The van der Waals surface area contributed by atoms with E-state index in [1.807, 2.05) is 48.5 Å². The number of methoxy groups -OCH3 is 1. The van der Waals surface area contributed by atoms with Crippen molar-refractivity contribution in [1.82, 2.24) is 4.90 Å². The molecule has 2 atom stereocenters. The third kappa shape index (κ3) is 4.19. The molecule has 148 valence electrons. The van der Waals surface area contributed by atoms with Gasteiger partial charge >= 0.3 is 5.97 Å². The number of amides is 1. The average molecular weight is 381 g/mol. The van der Waals surface area contributed by atoms with E-state index in [1.54, 1.807) is 4.90 Å². The third-order valence-corrected chi connectivity index (χ3v) is 5.46. The van der Waals surface area contributed by atoms with E-state index >= 15 is 0 Å². The quantitative estimate of drug-likeness (QED) is 0.716. The SMILES string of the molecule is CCC(C)c1ccccc1OCC(=O)N1Cc2ccccc2CC1C(=O)OC. The van der Waals surface area contributed by atoms with Crippen molar-refractivity contribution in [3.8, 4) is 5.75 Å². The summed E-state index contributed by atoms with van der Waals surface area (Å²) in [6.07, 6.45) is 1.44. The number of rotatable bonds is 6. The zero-order chi connectivity index (χ0) is 20.1. The van der Waals surface area contributed by atoms with Crippen LogP contribution in [-0.2, 0) is 27.3 Å². The van der Waals surface area contributed by atoms with Gasteiger partial charge in [0.25, 0.3) is 5.91 Å². The van der Waals surface area contributed by atoms with Crippen LogP contribution >= 0.6 is 0 Å². The van der Waals surface area contributed by atoms with E-state index in [0.717, 1.165) is 28.9 Å². The molecule has 1 aliphatic heterocycles. The van der Waals surface area contributed by atoms with Crippen LogP contribution < -0.4 is 4.74 Å². The lowest BCUT2D eigenvalue weighted by Gasteiger charge is -2.35. The Morgan fingerprint density at radius 3 is 2.50 bits per heavy atom. The molecule has 1 amide bonds. The molecular weight excluding hydrogens is 354 g/mol. The van der Waals surface area contributed by atoms with Crippen LogP contribution in [0.2, 0.25) is 0 Å². The summed E-state index contributed by atoms with van der Waals surface area (Å²) >= 11 is 0. The minimum atomic E-state index is -0.624. The van der Waals surface area contributed by atoms with Crippen molar-refractivity contribution in [3.05, 3.63) is 65.2 Å². The van der Waals surface area contributed by atoms with Gasteiger partial charge in [0.15, 0.2) is 6.61 Å². The summed E-state index contributed by atoms with van der Waals surface area (Å²) in [6.45, 7) is 4.53. The summed E-state index contributed by atoms with van der Waals surface area (Å²) in [5.41, 5.74) is 3.22.